The molecule has 1 amide bonds. The Hall–Kier alpha value is -1.64. The maximum absolute atomic E-state index is 12.9. The van der Waals surface area contributed by atoms with E-state index in [-0.39, 0.29) is 24.0 Å². The monoisotopic (exact) mass is 378 g/mol. The molecule has 0 aliphatic heterocycles. The molecule has 0 fully saturated rings. The maximum atomic E-state index is 12.9. The first-order chi connectivity index (χ1) is 11.3. The highest BCUT2D eigenvalue weighted by atomic mass is 35.5. The van der Waals surface area contributed by atoms with E-state index in [1.54, 1.807) is 6.92 Å². The van der Waals surface area contributed by atoms with E-state index in [1.807, 2.05) is 0 Å². The summed E-state index contributed by atoms with van der Waals surface area (Å²) in [4.78, 5) is 16.3. The number of hydrogen-bond acceptors (Lipinski definition) is 4. The van der Waals surface area contributed by atoms with Crippen LogP contribution in [0.25, 0.3) is 0 Å². The van der Waals surface area contributed by atoms with E-state index in [1.165, 1.54) is 29.7 Å². The summed E-state index contributed by atoms with van der Waals surface area (Å²) in [7, 11) is 0. The van der Waals surface area contributed by atoms with Crippen LogP contribution in [0, 0.1) is 0 Å². The summed E-state index contributed by atoms with van der Waals surface area (Å²) in [5.41, 5.74) is -0.404. The van der Waals surface area contributed by atoms with Gasteiger partial charge in [0.15, 0.2) is 5.13 Å². The molecule has 1 N–H and O–H groups in total. The number of rotatable bonds is 6. The maximum Gasteiger partial charge on any atom is 0.417 e. The molecule has 4 nitrogen and oxygen atoms in total. The van der Waals surface area contributed by atoms with Crippen LogP contribution in [0.4, 0.5) is 18.3 Å². The molecule has 0 saturated carbocycles. The van der Waals surface area contributed by atoms with Gasteiger partial charge in [0, 0.05) is 24.1 Å². The zero-order valence-electron chi connectivity index (χ0n) is 12.6. The second-order valence-electron chi connectivity index (χ2n) is 4.81. The third kappa shape index (κ3) is 5.19. The van der Waals surface area contributed by atoms with Gasteiger partial charge in [-0.2, -0.15) is 13.2 Å². The van der Waals surface area contributed by atoms with Crippen LogP contribution < -0.4 is 5.32 Å². The van der Waals surface area contributed by atoms with Crippen LogP contribution in [0.2, 0.25) is 5.02 Å². The Kier molecular flexibility index (Phi) is 6.20. The summed E-state index contributed by atoms with van der Waals surface area (Å²) in [6.45, 7) is 2.13. The quantitative estimate of drug-likeness (QED) is 0.811. The molecule has 130 valence electrons. The molecule has 0 unspecified atom stereocenters. The lowest BCUT2D eigenvalue weighted by Gasteiger charge is -2.10. The van der Waals surface area contributed by atoms with Crippen molar-refractivity contribution in [3.8, 4) is 0 Å². The summed E-state index contributed by atoms with van der Waals surface area (Å²) in [5.74, 6) is -0.330. The van der Waals surface area contributed by atoms with Gasteiger partial charge in [-0.3, -0.25) is 10.1 Å². The summed E-state index contributed by atoms with van der Waals surface area (Å²) >= 11 is 6.79. The molecule has 0 aliphatic carbocycles. The number of carbonyl (C=O) groups is 1. The summed E-state index contributed by atoms with van der Waals surface area (Å²) < 4.78 is 43.6. The first kappa shape index (κ1) is 18.7. The van der Waals surface area contributed by atoms with E-state index >= 15 is 0 Å². The van der Waals surface area contributed by atoms with Crippen LogP contribution in [0.5, 0.6) is 0 Å². The Balaban J connectivity index is 2.06. The van der Waals surface area contributed by atoms with Crippen molar-refractivity contribution in [2.75, 3.05) is 18.5 Å². The van der Waals surface area contributed by atoms with Gasteiger partial charge in [-0.05, 0) is 24.6 Å². The van der Waals surface area contributed by atoms with Gasteiger partial charge in [0.2, 0.25) is 0 Å². The second kappa shape index (κ2) is 7.96. The molecule has 1 aromatic carbocycles. The zero-order valence-corrected chi connectivity index (χ0v) is 14.2. The molecule has 1 heterocycles. The predicted molar refractivity (Wildman–Crippen MR) is 86.5 cm³/mol. The Morgan fingerprint density at radius 1 is 1.42 bits per heavy atom. The molecule has 0 spiro atoms. The van der Waals surface area contributed by atoms with E-state index in [0.29, 0.717) is 17.3 Å². The van der Waals surface area contributed by atoms with Gasteiger partial charge in [-0.25, -0.2) is 4.98 Å². The van der Waals surface area contributed by atoms with Gasteiger partial charge in [0.25, 0.3) is 5.91 Å². The van der Waals surface area contributed by atoms with Crippen molar-refractivity contribution in [3.05, 3.63) is 45.4 Å². The molecular weight excluding hydrogens is 365 g/mol. The van der Waals surface area contributed by atoms with Crippen LogP contribution >= 0.6 is 22.9 Å². The molecule has 24 heavy (non-hydrogen) atoms. The second-order valence-corrected chi connectivity index (χ2v) is 6.33. The van der Waals surface area contributed by atoms with Crippen LogP contribution in [0.1, 0.15) is 22.9 Å². The topological polar surface area (TPSA) is 51.2 Å². The number of hydrogen-bond donors (Lipinski definition) is 1. The Bertz CT molecular complexity index is 719. The molecule has 0 aliphatic rings. The van der Waals surface area contributed by atoms with Crippen LogP contribution in [-0.2, 0) is 22.1 Å². The average Bonchev–Trinajstić information content (AvgIpc) is 2.93. The number of thiazole rings is 1. The molecule has 0 bridgehead atoms. The van der Waals surface area contributed by atoms with Crippen molar-refractivity contribution in [2.45, 2.75) is 19.5 Å². The van der Waals surface area contributed by atoms with Crippen molar-refractivity contribution in [1.29, 1.82) is 0 Å². The zero-order chi connectivity index (χ0) is 17.7. The lowest BCUT2D eigenvalue weighted by molar-refractivity contribution is -0.137. The van der Waals surface area contributed by atoms with Gasteiger partial charge < -0.3 is 4.74 Å². The van der Waals surface area contributed by atoms with Gasteiger partial charge in [0.1, 0.15) is 6.61 Å². The molecule has 0 radical (unpaired) electrons. The molecule has 2 rings (SSSR count). The summed E-state index contributed by atoms with van der Waals surface area (Å²) in [5, 5.41) is 2.61. The van der Waals surface area contributed by atoms with E-state index in [2.05, 4.69) is 10.3 Å². The number of carbonyl (C=O) groups excluding carboxylic acids is 1. The van der Waals surface area contributed by atoms with E-state index in [4.69, 9.17) is 16.3 Å². The summed E-state index contributed by atoms with van der Waals surface area (Å²) in [6.07, 6.45) is -2.72. The first-order valence-corrected chi connectivity index (χ1v) is 8.17. The Morgan fingerprint density at radius 2 is 2.17 bits per heavy atom. The molecule has 9 heteroatoms. The summed E-state index contributed by atoms with van der Waals surface area (Å²) in [6, 6.07) is 3.78. The number of ether oxygens (including phenoxy) is 1. The number of aromatic nitrogens is 1. The lowest BCUT2D eigenvalue weighted by atomic mass is 10.1. The Morgan fingerprint density at radius 3 is 2.83 bits per heavy atom. The number of nitrogens with zero attached hydrogens (tertiary/aromatic N) is 1. The van der Waals surface area contributed by atoms with Gasteiger partial charge in [0.05, 0.1) is 10.6 Å². The lowest BCUT2D eigenvalue weighted by Crippen LogP contribution is -2.17. The Labute approximate surface area is 145 Å². The number of alkyl halides is 3. The fourth-order valence-corrected chi connectivity index (χ4v) is 2.99. The van der Waals surface area contributed by atoms with Gasteiger partial charge >= 0.3 is 6.18 Å². The fourth-order valence-electron chi connectivity index (χ4n) is 1.90. The van der Waals surface area contributed by atoms with E-state index in [0.717, 1.165) is 10.9 Å². The third-order valence-corrected chi connectivity index (χ3v) is 4.19. The van der Waals surface area contributed by atoms with Crippen LogP contribution in [-0.4, -0.2) is 24.1 Å². The molecular formula is C15H14ClF3N2O2S. The van der Waals surface area contributed by atoms with Crippen LogP contribution in [0.15, 0.2) is 24.4 Å². The third-order valence-electron chi connectivity index (χ3n) is 2.95. The SMILES string of the molecule is CCOCC(=O)Nc1ncc(Cc2ccc(Cl)c(C(F)(F)F)c2)s1. The van der Waals surface area contributed by atoms with Crippen molar-refractivity contribution in [1.82, 2.24) is 4.98 Å². The number of amides is 1. The first-order valence-electron chi connectivity index (χ1n) is 6.97. The smallest absolute Gasteiger partial charge is 0.372 e. The number of anilines is 1. The van der Waals surface area contributed by atoms with Crippen molar-refractivity contribution in [3.63, 3.8) is 0 Å². The number of benzene rings is 1. The molecule has 1 aromatic heterocycles. The number of halogens is 4. The van der Waals surface area contributed by atoms with Crippen molar-refractivity contribution >= 4 is 34.0 Å². The van der Waals surface area contributed by atoms with E-state index < -0.39 is 11.7 Å². The fraction of sp³-hybridized carbons (Fsp3) is 0.333. The minimum Gasteiger partial charge on any atom is -0.372 e. The minimum absolute atomic E-state index is 0.0719. The standard InChI is InChI=1S/C15H14ClF3N2O2S/c1-2-23-8-13(22)21-14-20-7-10(24-14)5-9-3-4-12(16)11(6-9)15(17,18)19/h3-4,6-7H,2,5,8H2,1H3,(H,20,21,22). The van der Waals surface area contributed by atoms with Crippen molar-refractivity contribution in [2.24, 2.45) is 0 Å². The molecule has 2 aromatic rings. The highest BCUT2D eigenvalue weighted by Gasteiger charge is 2.33. The highest BCUT2D eigenvalue weighted by Crippen LogP contribution is 2.35. The minimum atomic E-state index is -4.50. The van der Waals surface area contributed by atoms with E-state index in [9.17, 15) is 18.0 Å². The predicted octanol–water partition coefficient (Wildman–Crippen LogP) is 4.38. The normalized spacial score (nSPS) is 11.5. The van der Waals surface area contributed by atoms with Gasteiger partial charge in [-0.15, -0.1) is 11.3 Å². The largest absolute Gasteiger partial charge is 0.417 e. The van der Waals surface area contributed by atoms with Gasteiger partial charge in [-0.1, -0.05) is 17.7 Å². The molecule has 0 atom stereocenters. The average molecular weight is 379 g/mol. The molecule has 0 saturated heterocycles. The van der Waals surface area contributed by atoms with Crippen LogP contribution in [0.3, 0.4) is 0 Å². The number of nitrogens with one attached hydrogen (secondary N) is 1. The highest BCUT2D eigenvalue weighted by molar-refractivity contribution is 7.15. The van der Waals surface area contributed by atoms with Crippen molar-refractivity contribution < 1.29 is 22.7 Å².